The molecule has 3 aromatic rings. The zero-order chi connectivity index (χ0) is 15.7. The number of halogens is 1. The molecule has 22 heavy (non-hydrogen) atoms. The van der Waals surface area contributed by atoms with Crippen molar-refractivity contribution in [2.24, 2.45) is 10.9 Å². The van der Waals surface area contributed by atoms with Crippen LogP contribution < -0.4 is 11.4 Å². The molecule has 110 valence electrons. The minimum atomic E-state index is -0.194. The topological polar surface area (TPSA) is 71.2 Å². The third kappa shape index (κ3) is 2.44. The maximum absolute atomic E-state index is 12.5. The lowest BCUT2D eigenvalue weighted by Gasteiger charge is -2.12. The van der Waals surface area contributed by atoms with Crippen molar-refractivity contribution in [1.29, 1.82) is 0 Å². The first kappa shape index (κ1) is 14.5. The number of nitrogens with two attached hydrogens (primary N) is 1. The summed E-state index contributed by atoms with van der Waals surface area (Å²) in [5, 5.41) is 4.66. The second-order valence-corrected chi connectivity index (χ2v) is 5.89. The van der Waals surface area contributed by atoms with Crippen LogP contribution in [0.3, 0.4) is 0 Å². The summed E-state index contributed by atoms with van der Waals surface area (Å²) in [4.78, 5) is 15.4. The minimum absolute atomic E-state index is 0.194. The Balaban J connectivity index is 2.53. The van der Waals surface area contributed by atoms with Crippen LogP contribution in [0.15, 0.2) is 62.9 Å². The first-order chi connectivity index (χ1) is 10.6. The highest BCUT2D eigenvalue weighted by atomic mass is 79.9. The number of aromatic amines is 1. The van der Waals surface area contributed by atoms with E-state index >= 15 is 0 Å². The lowest BCUT2D eigenvalue weighted by Crippen LogP contribution is -2.19. The van der Waals surface area contributed by atoms with Crippen LogP contribution in [0.1, 0.15) is 12.5 Å². The van der Waals surface area contributed by atoms with Crippen molar-refractivity contribution in [3.8, 4) is 11.1 Å². The summed E-state index contributed by atoms with van der Waals surface area (Å²) in [6.45, 7) is 1.74. The van der Waals surface area contributed by atoms with Gasteiger partial charge in [0.05, 0.1) is 11.3 Å². The van der Waals surface area contributed by atoms with Gasteiger partial charge in [0.25, 0.3) is 5.56 Å². The Labute approximate surface area is 135 Å². The highest BCUT2D eigenvalue weighted by Gasteiger charge is 2.16. The van der Waals surface area contributed by atoms with Gasteiger partial charge < -0.3 is 10.8 Å². The molecule has 1 aromatic heterocycles. The molecule has 0 saturated carbocycles. The SMILES string of the molecule is CC(=NN)c1c(-c2ccccc2)c2cc(Br)ccc2[nH]c1=O. The molecule has 0 fully saturated rings. The molecule has 0 saturated heterocycles. The summed E-state index contributed by atoms with van der Waals surface area (Å²) in [6.07, 6.45) is 0. The number of hydrazone groups is 1. The molecule has 0 radical (unpaired) electrons. The van der Waals surface area contributed by atoms with Gasteiger partial charge >= 0.3 is 0 Å². The van der Waals surface area contributed by atoms with Gasteiger partial charge in [0.15, 0.2) is 0 Å². The fourth-order valence-corrected chi connectivity index (χ4v) is 2.94. The smallest absolute Gasteiger partial charge is 0.258 e. The van der Waals surface area contributed by atoms with Gasteiger partial charge in [-0.25, -0.2) is 0 Å². The summed E-state index contributed by atoms with van der Waals surface area (Å²) in [7, 11) is 0. The summed E-state index contributed by atoms with van der Waals surface area (Å²) < 4.78 is 0.942. The average Bonchev–Trinajstić information content (AvgIpc) is 2.54. The number of H-pyrrole nitrogens is 1. The molecule has 1 heterocycles. The van der Waals surface area contributed by atoms with E-state index < -0.39 is 0 Å². The number of pyridine rings is 1. The molecule has 0 amide bonds. The van der Waals surface area contributed by atoms with E-state index in [9.17, 15) is 4.79 Å². The molecule has 0 unspecified atom stereocenters. The van der Waals surface area contributed by atoms with Crippen molar-refractivity contribution in [3.05, 3.63) is 68.9 Å². The summed E-state index contributed by atoms with van der Waals surface area (Å²) in [5.74, 6) is 5.42. The molecule has 0 aliphatic heterocycles. The van der Waals surface area contributed by atoms with E-state index in [4.69, 9.17) is 5.84 Å². The molecule has 0 bridgehead atoms. The molecule has 0 aliphatic carbocycles. The monoisotopic (exact) mass is 355 g/mol. The van der Waals surface area contributed by atoms with Crippen LogP contribution in [-0.2, 0) is 0 Å². The average molecular weight is 356 g/mol. The van der Waals surface area contributed by atoms with E-state index in [0.717, 1.165) is 26.5 Å². The number of hydrogen-bond donors (Lipinski definition) is 2. The van der Waals surface area contributed by atoms with Crippen molar-refractivity contribution < 1.29 is 0 Å². The van der Waals surface area contributed by atoms with Gasteiger partial charge in [0.2, 0.25) is 0 Å². The predicted molar refractivity (Wildman–Crippen MR) is 94.1 cm³/mol. The van der Waals surface area contributed by atoms with Crippen molar-refractivity contribution in [2.75, 3.05) is 0 Å². The highest BCUT2D eigenvalue weighted by Crippen LogP contribution is 2.31. The van der Waals surface area contributed by atoms with Gasteiger partial charge in [-0.2, -0.15) is 5.10 Å². The fourth-order valence-electron chi connectivity index (χ4n) is 2.58. The maximum Gasteiger partial charge on any atom is 0.258 e. The third-order valence-corrected chi connectivity index (χ3v) is 4.09. The minimum Gasteiger partial charge on any atom is -0.323 e. The van der Waals surface area contributed by atoms with Crippen LogP contribution >= 0.6 is 15.9 Å². The fraction of sp³-hybridized carbons (Fsp3) is 0.0588. The first-order valence-corrected chi connectivity index (χ1v) is 7.57. The lowest BCUT2D eigenvalue weighted by atomic mass is 9.94. The Morgan fingerprint density at radius 1 is 1.18 bits per heavy atom. The molecule has 4 nitrogen and oxygen atoms in total. The Kier molecular flexibility index (Phi) is 3.81. The Morgan fingerprint density at radius 2 is 1.91 bits per heavy atom. The van der Waals surface area contributed by atoms with Gasteiger partial charge in [-0.05, 0) is 30.7 Å². The lowest BCUT2D eigenvalue weighted by molar-refractivity contribution is 1.22. The van der Waals surface area contributed by atoms with E-state index in [1.54, 1.807) is 6.92 Å². The van der Waals surface area contributed by atoms with Gasteiger partial charge in [0.1, 0.15) is 0 Å². The van der Waals surface area contributed by atoms with Crippen molar-refractivity contribution in [1.82, 2.24) is 4.98 Å². The van der Waals surface area contributed by atoms with Crippen LogP contribution in [0.5, 0.6) is 0 Å². The zero-order valence-corrected chi connectivity index (χ0v) is 13.5. The molecular weight excluding hydrogens is 342 g/mol. The van der Waals surface area contributed by atoms with Crippen LogP contribution in [0.25, 0.3) is 22.0 Å². The van der Waals surface area contributed by atoms with Crippen molar-refractivity contribution in [3.63, 3.8) is 0 Å². The number of nitrogens with one attached hydrogen (secondary N) is 1. The Morgan fingerprint density at radius 3 is 2.59 bits per heavy atom. The van der Waals surface area contributed by atoms with E-state index in [0.29, 0.717) is 11.3 Å². The van der Waals surface area contributed by atoms with E-state index in [-0.39, 0.29) is 5.56 Å². The molecule has 3 rings (SSSR count). The van der Waals surface area contributed by atoms with Gasteiger partial charge in [-0.3, -0.25) is 4.79 Å². The molecule has 3 N–H and O–H groups in total. The Hall–Kier alpha value is -2.40. The molecule has 5 heteroatoms. The second-order valence-electron chi connectivity index (χ2n) is 4.97. The molecule has 0 spiro atoms. The normalized spacial score (nSPS) is 11.8. The van der Waals surface area contributed by atoms with Crippen LogP contribution in [0, 0.1) is 0 Å². The second kappa shape index (κ2) is 5.77. The summed E-state index contributed by atoms with van der Waals surface area (Å²) >= 11 is 3.49. The first-order valence-electron chi connectivity index (χ1n) is 6.77. The third-order valence-electron chi connectivity index (χ3n) is 3.59. The predicted octanol–water partition coefficient (Wildman–Crippen LogP) is 3.64. The molecule has 0 atom stereocenters. The summed E-state index contributed by atoms with van der Waals surface area (Å²) in [6, 6.07) is 15.5. The van der Waals surface area contributed by atoms with E-state index in [2.05, 4.69) is 26.0 Å². The highest BCUT2D eigenvalue weighted by molar-refractivity contribution is 9.10. The standard InChI is InChI=1S/C17H14BrN3O/c1-10(21-19)15-16(11-5-3-2-4-6-11)13-9-12(18)7-8-14(13)20-17(15)22/h2-9H,19H2,1H3,(H,20,22). The Bertz CT molecular complexity index is 930. The van der Waals surface area contributed by atoms with Crippen LogP contribution in [0.4, 0.5) is 0 Å². The zero-order valence-electron chi connectivity index (χ0n) is 11.9. The largest absolute Gasteiger partial charge is 0.323 e. The summed E-state index contributed by atoms with van der Waals surface area (Å²) in [5.41, 5.74) is 3.38. The van der Waals surface area contributed by atoms with Gasteiger partial charge in [-0.1, -0.05) is 46.3 Å². The number of rotatable bonds is 2. The molecular formula is C17H14BrN3O. The molecule has 0 aliphatic rings. The van der Waals surface area contributed by atoms with Gasteiger partial charge in [0, 0.05) is 20.9 Å². The quantitative estimate of drug-likeness (QED) is 0.418. The number of hydrogen-bond acceptors (Lipinski definition) is 3. The van der Waals surface area contributed by atoms with E-state index in [1.165, 1.54) is 0 Å². The van der Waals surface area contributed by atoms with Gasteiger partial charge in [-0.15, -0.1) is 0 Å². The molecule has 2 aromatic carbocycles. The number of aromatic nitrogens is 1. The van der Waals surface area contributed by atoms with Crippen LogP contribution in [0.2, 0.25) is 0 Å². The van der Waals surface area contributed by atoms with Crippen LogP contribution in [-0.4, -0.2) is 10.7 Å². The van der Waals surface area contributed by atoms with E-state index in [1.807, 2.05) is 48.5 Å². The number of benzene rings is 2. The number of fused-ring (bicyclic) bond motifs is 1. The maximum atomic E-state index is 12.5. The van der Waals surface area contributed by atoms with Crippen molar-refractivity contribution >= 4 is 32.5 Å². The van der Waals surface area contributed by atoms with Crippen molar-refractivity contribution in [2.45, 2.75) is 6.92 Å². The number of nitrogens with zero attached hydrogens (tertiary/aromatic N) is 1.